The molecule has 0 amide bonds. The first-order valence-corrected chi connectivity index (χ1v) is 7.58. The van der Waals surface area contributed by atoms with Crippen molar-refractivity contribution < 1.29 is 0 Å². The predicted octanol–water partition coefficient (Wildman–Crippen LogP) is 0.120. The van der Waals surface area contributed by atoms with Crippen molar-refractivity contribution in [1.82, 2.24) is 13.9 Å². The van der Waals surface area contributed by atoms with Gasteiger partial charge in [0.05, 0.1) is 12.1 Å². The fourth-order valence-corrected chi connectivity index (χ4v) is 8.24. The Morgan fingerprint density at radius 1 is 0.947 bits per heavy atom. The summed E-state index contributed by atoms with van der Waals surface area (Å²) in [6.45, 7) is 0. The molecule has 0 radical (unpaired) electrons. The van der Waals surface area contributed by atoms with Crippen LogP contribution in [-0.4, -0.2) is 13.9 Å². The van der Waals surface area contributed by atoms with Crippen LogP contribution in [0.1, 0.15) is 31.3 Å². The van der Waals surface area contributed by atoms with E-state index in [1.807, 2.05) is 9.36 Å². The maximum Gasteiger partial charge on any atom is 0.347 e. The molecule has 5 heteroatoms. The molecule has 2 bridgehead atoms. The Balaban J connectivity index is 1.71. The van der Waals surface area contributed by atoms with E-state index in [9.17, 15) is 9.59 Å². The Morgan fingerprint density at radius 2 is 1.47 bits per heavy atom. The third-order valence-corrected chi connectivity index (χ3v) is 8.16. The molecule has 98 valence electrons. The van der Waals surface area contributed by atoms with E-state index in [2.05, 4.69) is 0 Å². The predicted molar refractivity (Wildman–Crippen MR) is 64.7 cm³/mol. The minimum atomic E-state index is -0.0634. The van der Waals surface area contributed by atoms with Crippen LogP contribution in [0, 0.1) is 34.5 Å². The minimum Gasteiger partial charge on any atom is -0.246 e. The van der Waals surface area contributed by atoms with Crippen molar-refractivity contribution in [2.75, 3.05) is 0 Å². The Morgan fingerprint density at radius 3 is 2.00 bits per heavy atom. The van der Waals surface area contributed by atoms with Crippen molar-refractivity contribution in [2.45, 2.75) is 31.3 Å². The second-order valence-corrected chi connectivity index (χ2v) is 7.85. The van der Waals surface area contributed by atoms with E-state index in [0.717, 1.165) is 23.7 Å². The summed E-state index contributed by atoms with van der Waals surface area (Å²) >= 11 is 0. The number of hydrogen-bond acceptors (Lipinski definition) is 2. The van der Waals surface area contributed by atoms with Gasteiger partial charge in [-0.1, -0.05) is 6.42 Å². The van der Waals surface area contributed by atoms with Gasteiger partial charge in [-0.25, -0.2) is 23.5 Å². The van der Waals surface area contributed by atoms with Crippen LogP contribution in [0.4, 0.5) is 0 Å². The molecule has 0 saturated heterocycles. The fourth-order valence-electron chi connectivity index (χ4n) is 8.24. The second-order valence-electron chi connectivity index (χ2n) is 7.85. The van der Waals surface area contributed by atoms with Gasteiger partial charge in [0.1, 0.15) is 0 Å². The van der Waals surface area contributed by atoms with E-state index in [4.69, 9.17) is 0 Å². The summed E-state index contributed by atoms with van der Waals surface area (Å²) in [6, 6.07) is 0.753. The molecule has 0 aromatic carbocycles. The Kier molecular flexibility index (Phi) is 0.881. The van der Waals surface area contributed by atoms with Crippen LogP contribution < -0.4 is 11.4 Å². The number of rotatable bonds is 0. The number of aromatic nitrogens is 3. The van der Waals surface area contributed by atoms with E-state index in [1.54, 1.807) is 7.05 Å². The van der Waals surface area contributed by atoms with Gasteiger partial charge in [-0.2, -0.15) is 0 Å². The van der Waals surface area contributed by atoms with Gasteiger partial charge in [0.25, 0.3) is 0 Å². The Bertz CT molecular complexity index is 767. The zero-order valence-electron chi connectivity index (χ0n) is 10.7. The van der Waals surface area contributed by atoms with E-state index < -0.39 is 0 Å². The lowest BCUT2D eigenvalue weighted by molar-refractivity contribution is 0.0178. The first-order valence-electron chi connectivity index (χ1n) is 7.58. The molecule has 6 atom stereocenters. The molecular formula is C14H15N3O2. The molecule has 7 aliphatic rings. The molecule has 5 saturated carbocycles. The molecule has 8 rings (SSSR count). The largest absolute Gasteiger partial charge is 0.347 e. The Labute approximate surface area is 108 Å². The highest BCUT2D eigenvalue weighted by Gasteiger charge is 3.03. The summed E-state index contributed by atoms with van der Waals surface area (Å²) < 4.78 is 5.11. The molecule has 19 heavy (non-hydrogen) atoms. The van der Waals surface area contributed by atoms with Crippen LogP contribution in [0.25, 0.3) is 0 Å². The van der Waals surface area contributed by atoms with Crippen molar-refractivity contribution in [3.8, 4) is 0 Å². The van der Waals surface area contributed by atoms with E-state index in [0.29, 0.717) is 22.9 Å². The van der Waals surface area contributed by atoms with Crippen LogP contribution in [0.5, 0.6) is 0 Å². The first-order chi connectivity index (χ1) is 9.18. The van der Waals surface area contributed by atoms with Gasteiger partial charge in [-0.3, -0.25) is 0 Å². The summed E-state index contributed by atoms with van der Waals surface area (Å²) in [4.78, 5) is 24.9. The molecule has 2 spiro atoms. The smallest absolute Gasteiger partial charge is 0.246 e. The monoisotopic (exact) mass is 257 g/mol. The topological polar surface area (TPSA) is 48.9 Å². The van der Waals surface area contributed by atoms with Crippen molar-refractivity contribution >= 4 is 0 Å². The molecule has 6 unspecified atom stereocenters. The maximum absolute atomic E-state index is 12.4. The molecule has 5 fully saturated rings. The van der Waals surface area contributed by atoms with E-state index in [-0.39, 0.29) is 11.4 Å². The summed E-state index contributed by atoms with van der Waals surface area (Å²) in [5.74, 6) is 3.23. The molecule has 0 N–H and O–H groups in total. The van der Waals surface area contributed by atoms with Gasteiger partial charge in [-0.15, -0.1) is 0 Å². The molecule has 5 nitrogen and oxygen atoms in total. The molecule has 2 aliphatic heterocycles. The van der Waals surface area contributed by atoms with Crippen molar-refractivity contribution in [3.63, 3.8) is 0 Å². The zero-order chi connectivity index (χ0) is 12.5. The van der Waals surface area contributed by atoms with Crippen LogP contribution >= 0.6 is 0 Å². The standard InChI is InChI=1S/C14H15N3O2/c1-15-11(18)16-9-6-5-7(6)10(17(16)12(15)19)14-4-2-3-13(9,14)8(5)14/h5-10H,2-4H2,1H3. The van der Waals surface area contributed by atoms with Gasteiger partial charge in [0.15, 0.2) is 0 Å². The lowest BCUT2D eigenvalue weighted by atomic mass is 9.73. The summed E-state index contributed by atoms with van der Waals surface area (Å²) in [5.41, 5.74) is 0.761. The van der Waals surface area contributed by atoms with Gasteiger partial charge in [0, 0.05) is 17.9 Å². The summed E-state index contributed by atoms with van der Waals surface area (Å²) in [6.07, 6.45) is 3.94. The van der Waals surface area contributed by atoms with E-state index >= 15 is 0 Å². The SMILES string of the molecule is Cn1c(=O)n2n(c1=O)C1C3C4C3C3C5(CCCC135)C42. The normalized spacial score (nSPS) is 63.2. The highest BCUT2D eigenvalue weighted by molar-refractivity contribution is 5.49. The molecule has 3 heterocycles. The number of nitrogens with zero attached hydrogens (tertiary/aromatic N) is 3. The quantitative estimate of drug-likeness (QED) is 0.663. The minimum absolute atomic E-state index is 0.0634. The second kappa shape index (κ2) is 1.90. The van der Waals surface area contributed by atoms with E-state index in [1.165, 1.54) is 23.8 Å². The average Bonchev–Trinajstić information content (AvgIpc) is 3.01. The highest BCUT2D eigenvalue weighted by Crippen LogP contribution is 3.05. The number of hydrogen-bond donors (Lipinski definition) is 0. The van der Waals surface area contributed by atoms with Crippen molar-refractivity contribution in [3.05, 3.63) is 21.0 Å². The van der Waals surface area contributed by atoms with Crippen molar-refractivity contribution in [1.29, 1.82) is 0 Å². The third-order valence-electron chi connectivity index (χ3n) is 8.16. The summed E-state index contributed by atoms with van der Waals surface area (Å²) in [5, 5.41) is 0. The third kappa shape index (κ3) is 0.472. The zero-order valence-corrected chi connectivity index (χ0v) is 10.7. The Hall–Kier alpha value is -1.26. The van der Waals surface area contributed by atoms with Crippen LogP contribution in [-0.2, 0) is 7.05 Å². The maximum atomic E-state index is 12.4. The highest BCUT2D eigenvalue weighted by atomic mass is 16.2. The summed E-state index contributed by atoms with van der Waals surface area (Å²) in [7, 11) is 1.64. The molecule has 1 aromatic rings. The molecule has 1 aromatic heterocycles. The lowest BCUT2D eigenvalue weighted by Gasteiger charge is -2.45. The average molecular weight is 257 g/mol. The van der Waals surface area contributed by atoms with Gasteiger partial charge in [0.2, 0.25) is 0 Å². The molecule has 5 aliphatic carbocycles. The van der Waals surface area contributed by atoms with Gasteiger partial charge >= 0.3 is 11.4 Å². The van der Waals surface area contributed by atoms with Crippen LogP contribution in [0.15, 0.2) is 9.59 Å². The van der Waals surface area contributed by atoms with Crippen LogP contribution in [0.2, 0.25) is 0 Å². The van der Waals surface area contributed by atoms with Crippen molar-refractivity contribution in [2.24, 2.45) is 41.5 Å². The van der Waals surface area contributed by atoms with Crippen LogP contribution in [0.3, 0.4) is 0 Å². The van der Waals surface area contributed by atoms with Gasteiger partial charge < -0.3 is 0 Å². The molecular weight excluding hydrogens is 242 g/mol. The first kappa shape index (κ1) is 8.82. The fraction of sp³-hybridized carbons (Fsp3) is 0.857. The lowest BCUT2D eigenvalue weighted by Crippen LogP contribution is -2.51. The van der Waals surface area contributed by atoms with Gasteiger partial charge in [-0.05, 0) is 36.5 Å².